The first-order chi connectivity index (χ1) is 15.1. The number of aromatic nitrogens is 1. The molecule has 2 nitrogen and oxygen atoms in total. The predicted molar refractivity (Wildman–Crippen MR) is 129 cm³/mol. The van der Waals surface area contributed by atoms with E-state index in [2.05, 4.69) is 61.4 Å². The molecular weight excluding hydrogens is 376 g/mol. The highest BCUT2D eigenvalue weighted by Crippen LogP contribution is 2.66. The summed E-state index contributed by atoms with van der Waals surface area (Å²) in [6, 6.07) is 10.1. The van der Waals surface area contributed by atoms with E-state index in [1.807, 2.05) is 6.20 Å². The maximum absolute atomic E-state index is 4.38. The van der Waals surface area contributed by atoms with Crippen molar-refractivity contribution in [2.45, 2.75) is 76.7 Å². The SMILES string of the molecule is CN(C)[C@H]1CC[C@H]2[C@@H](CC[C@@H]3[C@@H]2CC[C@]2(C)[C@@H](c4cccc5cnccc45)CC[C@@H]32)C1. The van der Waals surface area contributed by atoms with Gasteiger partial charge in [-0.05, 0) is 130 Å². The molecule has 2 aromatic rings. The van der Waals surface area contributed by atoms with Crippen LogP contribution in [0.3, 0.4) is 0 Å². The minimum absolute atomic E-state index is 0.492. The van der Waals surface area contributed by atoms with Crippen molar-refractivity contribution in [3.63, 3.8) is 0 Å². The highest BCUT2D eigenvalue weighted by atomic mass is 15.1. The zero-order valence-electron chi connectivity index (χ0n) is 19.8. The van der Waals surface area contributed by atoms with Crippen LogP contribution in [0.2, 0.25) is 0 Å². The quantitative estimate of drug-likeness (QED) is 0.529. The number of fused-ring (bicyclic) bond motifs is 6. The smallest absolute Gasteiger partial charge is 0.0346 e. The first-order valence-electron chi connectivity index (χ1n) is 13.1. The molecule has 0 radical (unpaired) electrons. The molecule has 0 N–H and O–H groups in total. The van der Waals surface area contributed by atoms with Gasteiger partial charge in [0.05, 0.1) is 0 Å². The van der Waals surface area contributed by atoms with Gasteiger partial charge in [-0.3, -0.25) is 4.98 Å². The van der Waals surface area contributed by atoms with Crippen LogP contribution in [0.5, 0.6) is 0 Å². The van der Waals surface area contributed by atoms with E-state index in [0.717, 1.165) is 41.5 Å². The van der Waals surface area contributed by atoms with Gasteiger partial charge in [0.2, 0.25) is 0 Å². The fraction of sp³-hybridized carbons (Fsp3) is 0.690. The molecule has 0 amide bonds. The van der Waals surface area contributed by atoms with Crippen LogP contribution in [0.1, 0.15) is 76.2 Å². The molecule has 8 atom stereocenters. The van der Waals surface area contributed by atoms with Crippen molar-refractivity contribution < 1.29 is 0 Å². The Hall–Kier alpha value is -1.41. The van der Waals surface area contributed by atoms with Gasteiger partial charge >= 0.3 is 0 Å². The van der Waals surface area contributed by atoms with Crippen molar-refractivity contribution >= 4 is 10.8 Å². The molecule has 1 aromatic heterocycles. The first-order valence-corrected chi connectivity index (χ1v) is 13.1. The highest BCUT2D eigenvalue weighted by molar-refractivity contribution is 5.85. The Balaban J connectivity index is 1.27. The third-order valence-electron chi connectivity index (χ3n) is 10.7. The summed E-state index contributed by atoms with van der Waals surface area (Å²) in [6.45, 7) is 2.68. The summed E-state index contributed by atoms with van der Waals surface area (Å²) < 4.78 is 0. The largest absolute Gasteiger partial charge is 0.306 e. The van der Waals surface area contributed by atoms with Crippen molar-refractivity contribution in [3.05, 3.63) is 42.2 Å². The van der Waals surface area contributed by atoms with Crippen molar-refractivity contribution in [3.8, 4) is 0 Å². The molecular formula is C29H40N2. The van der Waals surface area contributed by atoms with Gasteiger partial charge in [-0.25, -0.2) is 0 Å². The van der Waals surface area contributed by atoms with Crippen molar-refractivity contribution in [1.29, 1.82) is 0 Å². The number of nitrogens with zero attached hydrogens (tertiary/aromatic N) is 2. The van der Waals surface area contributed by atoms with E-state index in [1.165, 1.54) is 68.6 Å². The number of benzene rings is 1. The molecule has 1 aromatic carbocycles. The molecule has 1 heterocycles. The lowest BCUT2D eigenvalue weighted by Gasteiger charge is -2.56. The molecule has 31 heavy (non-hydrogen) atoms. The predicted octanol–water partition coefficient (Wildman–Crippen LogP) is 6.90. The number of rotatable bonds is 2. The Morgan fingerprint density at radius 3 is 2.65 bits per heavy atom. The van der Waals surface area contributed by atoms with Gasteiger partial charge in [-0.1, -0.05) is 25.1 Å². The fourth-order valence-electron chi connectivity index (χ4n) is 9.26. The summed E-state index contributed by atoms with van der Waals surface area (Å²) in [5.41, 5.74) is 2.11. The summed E-state index contributed by atoms with van der Waals surface area (Å²) in [5.74, 6) is 5.73. The molecule has 4 saturated carbocycles. The van der Waals surface area contributed by atoms with Gasteiger partial charge in [0.1, 0.15) is 0 Å². The van der Waals surface area contributed by atoms with Gasteiger partial charge < -0.3 is 4.90 Å². The lowest BCUT2D eigenvalue weighted by atomic mass is 9.49. The maximum atomic E-state index is 4.38. The van der Waals surface area contributed by atoms with E-state index in [9.17, 15) is 0 Å². The minimum Gasteiger partial charge on any atom is -0.306 e. The first kappa shape index (κ1) is 20.2. The van der Waals surface area contributed by atoms with Gasteiger partial charge in [0.15, 0.2) is 0 Å². The van der Waals surface area contributed by atoms with Crippen LogP contribution >= 0.6 is 0 Å². The van der Waals surface area contributed by atoms with E-state index in [1.54, 1.807) is 5.56 Å². The lowest BCUT2D eigenvalue weighted by molar-refractivity contribution is -0.0623. The maximum Gasteiger partial charge on any atom is 0.0346 e. The number of hydrogen-bond donors (Lipinski definition) is 0. The molecule has 166 valence electrons. The minimum atomic E-state index is 0.492. The van der Waals surface area contributed by atoms with Crippen LogP contribution in [0, 0.1) is 35.0 Å². The van der Waals surface area contributed by atoms with Crippen LogP contribution in [0.15, 0.2) is 36.7 Å². The van der Waals surface area contributed by atoms with E-state index in [-0.39, 0.29) is 0 Å². The second-order valence-corrected chi connectivity index (χ2v) is 12.0. The highest BCUT2D eigenvalue weighted by Gasteiger charge is 2.57. The second-order valence-electron chi connectivity index (χ2n) is 12.0. The standard InChI is InChI=1S/C29H40N2/c1-29-15-13-24-22-10-8-21(31(2)3)17-19(22)7-9-26(24)28(29)12-11-27(29)25-6-4-5-20-18-30-16-14-23(20)25/h4-6,14,16,18-19,21-22,24,26-28H,7-13,15,17H2,1-3H3/t19-,21-,22-,24+,26+,27+,28-,29+/m0/s1. The summed E-state index contributed by atoms with van der Waals surface area (Å²) in [4.78, 5) is 6.89. The van der Waals surface area contributed by atoms with Gasteiger partial charge in [-0.2, -0.15) is 0 Å². The van der Waals surface area contributed by atoms with Crippen LogP contribution in [-0.4, -0.2) is 30.0 Å². The summed E-state index contributed by atoms with van der Waals surface area (Å²) in [5, 5.41) is 2.77. The van der Waals surface area contributed by atoms with Crippen LogP contribution in [0.4, 0.5) is 0 Å². The average molecular weight is 417 g/mol. The molecule has 0 spiro atoms. The second kappa shape index (κ2) is 7.58. The van der Waals surface area contributed by atoms with Gasteiger partial charge in [0, 0.05) is 23.8 Å². The molecule has 6 rings (SSSR count). The molecule has 0 bridgehead atoms. The average Bonchev–Trinajstić information content (AvgIpc) is 3.15. The van der Waals surface area contributed by atoms with Crippen LogP contribution < -0.4 is 0 Å². The van der Waals surface area contributed by atoms with E-state index in [0.29, 0.717) is 5.41 Å². The molecule has 4 aliphatic carbocycles. The molecule has 4 aliphatic rings. The zero-order chi connectivity index (χ0) is 21.2. The Kier molecular flexibility index (Phi) is 4.94. The van der Waals surface area contributed by atoms with Gasteiger partial charge in [-0.15, -0.1) is 0 Å². The topological polar surface area (TPSA) is 16.1 Å². The molecule has 2 heteroatoms. The Morgan fingerprint density at radius 2 is 1.77 bits per heavy atom. The summed E-state index contributed by atoms with van der Waals surface area (Å²) in [6.07, 6.45) is 17.3. The zero-order valence-corrected chi connectivity index (χ0v) is 19.8. The van der Waals surface area contributed by atoms with Crippen LogP contribution in [0.25, 0.3) is 10.8 Å². The van der Waals surface area contributed by atoms with E-state index in [4.69, 9.17) is 0 Å². The fourth-order valence-corrected chi connectivity index (χ4v) is 9.26. The normalized spacial score (nSPS) is 42.3. The Bertz CT molecular complexity index is 945. The van der Waals surface area contributed by atoms with Crippen molar-refractivity contribution in [2.75, 3.05) is 14.1 Å². The Labute approximate surface area is 188 Å². The van der Waals surface area contributed by atoms with Crippen molar-refractivity contribution in [1.82, 2.24) is 9.88 Å². The number of hydrogen-bond acceptors (Lipinski definition) is 2. The monoisotopic (exact) mass is 416 g/mol. The van der Waals surface area contributed by atoms with Gasteiger partial charge in [0.25, 0.3) is 0 Å². The number of pyridine rings is 1. The van der Waals surface area contributed by atoms with Crippen LogP contribution in [-0.2, 0) is 0 Å². The van der Waals surface area contributed by atoms with E-state index >= 15 is 0 Å². The van der Waals surface area contributed by atoms with Crippen molar-refractivity contribution in [2.24, 2.45) is 35.0 Å². The lowest BCUT2D eigenvalue weighted by Crippen LogP contribution is -2.49. The molecule has 0 aliphatic heterocycles. The third-order valence-corrected chi connectivity index (χ3v) is 10.7. The third kappa shape index (κ3) is 3.11. The molecule has 4 fully saturated rings. The summed E-state index contributed by atoms with van der Waals surface area (Å²) >= 11 is 0. The Morgan fingerprint density at radius 1 is 0.903 bits per heavy atom. The molecule has 0 saturated heterocycles. The van der Waals surface area contributed by atoms with E-state index < -0.39 is 0 Å². The summed E-state index contributed by atoms with van der Waals surface area (Å²) in [7, 11) is 4.59. The molecule has 0 unspecified atom stereocenters.